The lowest BCUT2D eigenvalue weighted by atomic mass is 10.1. The summed E-state index contributed by atoms with van der Waals surface area (Å²) < 4.78 is 24.9. The van der Waals surface area contributed by atoms with Gasteiger partial charge in [-0.05, 0) is 30.2 Å². The second-order valence-corrected chi connectivity index (χ2v) is 3.18. The molecule has 5 heteroatoms. The number of alkyl halides is 3. The number of aliphatic hydroxyl groups is 1. The van der Waals surface area contributed by atoms with Gasteiger partial charge in [-0.3, -0.25) is 4.98 Å². The van der Waals surface area contributed by atoms with Gasteiger partial charge >= 0.3 is 5.38 Å². The number of hydrogen-bond acceptors (Lipinski definition) is 2. The van der Waals surface area contributed by atoms with Gasteiger partial charge in [-0.25, -0.2) is 0 Å². The van der Waals surface area contributed by atoms with Crippen LogP contribution in [0.4, 0.5) is 8.78 Å². The summed E-state index contributed by atoms with van der Waals surface area (Å²) in [6, 6.07) is 1.53. The van der Waals surface area contributed by atoms with Crippen molar-refractivity contribution in [2.24, 2.45) is 0 Å². The van der Waals surface area contributed by atoms with E-state index in [0.717, 1.165) is 0 Å². The second-order valence-electron chi connectivity index (χ2n) is 2.68. The zero-order valence-corrected chi connectivity index (χ0v) is 7.59. The summed E-state index contributed by atoms with van der Waals surface area (Å²) in [5, 5.41) is 5.46. The summed E-state index contributed by atoms with van der Waals surface area (Å²) in [4.78, 5) is 3.63. The van der Waals surface area contributed by atoms with Gasteiger partial charge < -0.3 is 5.11 Å². The molecule has 0 saturated carbocycles. The number of halogens is 3. The van der Waals surface area contributed by atoms with E-state index in [1.54, 1.807) is 6.92 Å². The van der Waals surface area contributed by atoms with Gasteiger partial charge in [0.25, 0.3) is 0 Å². The molecule has 1 unspecified atom stereocenters. The lowest BCUT2D eigenvalue weighted by molar-refractivity contribution is -0.0429. The van der Waals surface area contributed by atoms with Crippen LogP contribution in [-0.2, 0) is 0 Å². The Morgan fingerprint density at radius 2 is 2.23 bits per heavy atom. The highest BCUT2D eigenvalue weighted by Crippen LogP contribution is 2.35. The molecule has 0 aliphatic heterocycles. The van der Waals surface area contributed by atoms with Crippen LogP contribution >= 0.6 is 11.6 Å². The van der Waals surface area contributed by atoms with Crippen molar-refractivity contribution in [3.63, 3.8) is 0 Å². The van der Waals surface area contributed by atoms with Crippen LogP contribution in [0.25, 0.3) is 0 Å². The Bertz CT molecular complexity index is 300. The normalized spacial score (nSPS) is 14.2. The van der Waals surface area contributed by atoms with Crippen LogP contribution < -0.4 is 0 Å². The molecule has 72 valence electrons. The fourth-order valence-corrected chi connectivity index (χ4v) is 1.06. The maximum atomic E-state index is 12.5. The summed E-state index contributed by atoms with van der Waals surface area (Å²) >= 11 is 4.68. The molecule has 0 amide bonds. The molecule has 0 aliphatic carbocycles. The van der Waals surface area contributed by atoms with Crippen LogP contribution in [-0.4, -0.2) is 15.5 Å². The van der Waals surface area contributed by atoms with Gasteiger partial charge in [0.05, 0.1) is 0 Å². The summed E-state index contributed by atoms with van der Waals surface area (Å²) in [7, 11) is 0. The first-order valence-corrected chi connectivity index (χ1v) is 3.96. The topological polar surface area (TPSA) is 33.1 Å². The molecule has 1 aromatic heterocycles. The average Bonchev–Trinajstić information content (AvgIpc) is 2.02. The minimum Gasteiger partial charge on any atom is -0.381 e. The molecule has 0 fully saturated rings. The van der Waals surface area contributed by atoms with E-state index in [1.165, 1.54) is 18.5 Å². The molecule has 1 atom stereocenters. The van der Waals surface area contributed by atoms with Gasteiger partial charge in [-0.2, -0.15) is 8.78 Å². The number of aryl methyl sites for hydroxylation is 1. The first-order valence-electron chi connectivity index (χ1n) is 3.58. The monoisotopic (exact) mass is 207 g/mol. The van der Waals surface area contributed by atoms with Crippen molar-refractivity contribution in [1.82, 2.24) is 4.98 Å². The van der Waals surface area contributed by atoms with Crippen LogP contribution in [0.15, 0.2) is 18.5 Å². The molecule has 2 nitrogen and oxygen atoms in total. The predicted octanol–water partition coefficient (Wildman–Crippen LogP) is 2.26. The highest BCUT2D eigenvalue weighted by Gasteiger charge is 2.37. The maximum Gasteiger partial charge on any atom is 0.351 e. The number of aliphatic hydroxyl groups excluding tert-OH is 1. The summed E-state index contributed by atoms with van der Waals surface area (Å²) in [5.74, 6) is 0. The molecule has 1 heterocycles. The Labute approximate surface area is 79.2 Å². The molecule has 0 spiro atoms. The lowest BCUT2D eigenvalue weighted by Gasteiger charge is -2.17. The second kappa shape index (κ2) is 3.55. The summed E-state index contributed by atoms with van der Waals surface area (Å²) in [6.45, 7) is 1.60. The highest BCUT2D eigenvalue weighted by atomic mass is 35.5. The molecule has 1 aromatic rings. The van der Waals surface area contributed by atoms with Crippen LogP contribution in [0.3, 0.4) is 0 Å². The molecule has 0 radical (unpaired) electrons. The summed E-state index contributed by atoms with van der Waals surface area (Å²) in [6.07, 6.45) is 0.622. The fraction of sp³-hybridized carbons (Fsp3) is 0.375. The van der Waals surface area contributed by atoms with Gasteiger partial charge in [0, 0.05) is 18.0 Å². The molecule has 0 bridgehead atoms. The van der Waals surface area contributed by atoms with Crippen LogP contribution in [0, 0.1) is 6.92 Å². The number of nitrogens with zero attached hydrogens (tertiary/aromatic N) is 1. The predicted molar refractivity (Wildman–Crippen MR) is 44.7 cm³/mol. The Morgan fingerprint density at radius 1 is 1.62 bits per heavy atom. The molecule has 13 heavy (non-hydrogen) atoms. The van der Waals surface area contributed by atoms with Crippen molar-refractivity contribution in [2.75, 3.05) is 0 Å². The number of aromatic nitrogens is 1. The van der Waals surface area contributed by atoms with E-state index in [9.17, 15) is 8.78 Å². The van der Waals surface area contributed by atoms with E-state index in [4.69, 9.17) is 5.11 Å². The Hall–Kier alpha value is -0.740. The quantitative estimate of drug-likeness (QED) is 0.755. The van der Waals surface area contributed by atoms with E-state index < -0.39 is 11.5 Å². The lowest BCUT2D eigenvalue weighted by Crippen LogP contribution is -2.19. The van der Waals surface area contributed by atoms with Crippen LogP contribution in [0.2, 0.25) is 0 Å². The van der Waals surface area contributed by atoms with Crippen molar-refractivity contribution >= 4 is 11.6 Å². The van der Waals surface area contributed by atoms with Gasteiger partial charge in [0.1, 0.15) is 0 Å². The minimum absolute atomic E-state index is 0.0440. The minimum atomic E-state index is -3.66. The third-order valence-electron chi connectivity index (χ3n) is 1.68. The van der Waals surface area contributed by atoms with Crippen molar-refractivity contribution in [3.8, 4) is 0 Å². The SMILES string of the molecule is Cc1ccncc1C(O)C(F)(F)Cl. The molecule has 1 N–H and O–H groups in total. The van der Waals surface area contributed by atoms with E-state index in [-0.39, 0.29) is 5.56 Å². The highest BCUT2D eigenvalue weighted by molar-refractivity contribution is 6.22. The Balaban J connectivity index is 3.02. The van der Waals surface area contributed by atoms with E-state index >= 15 is 0 Å². The third-order valence-corrected chi connectivity index (χ3v) is 1.89. The third kappa shape index (κ3) is 2.35. The van der Waals surface area contributed by atoms with Gasteiger partial charge in [0.15, 0.2) is 6.10 Å². The first-order chi connectivity index (χ1) is 5.93. The smallest absolute Gasteiger partial charge is 0.351 e. The number of rotatable bonds is 2. The van der Waals surface area contributed by atoms with E-state index in [2.05, 4.69) is 16.6 Å². The molecular formula is C8H8ClF2NO. The van der Waals surface area contributed by atoms with Crippen molar-refractivity contribution in [2.45, 2.75) is 18.4 Å². The number of pyridine rings is 1. The Kier molecular flexibility index (Phi) is 2.83. The molecular weight excluding hydrogens is 200 g/mol. The zero-order valence-electron chi connectivity index (χ0n) is 6.84. The summed E-state index contributed by atoms with van der Waals surface area (Å²) in [5.41, 5.74) is 0.574. The number of hydrogen-bond donors (Lipinski definition) is 1. The van der Waals surface area contributed by atoms with Crippen molar-refractivity contribution in [3.05, 3.63) is 29.6 Å². The standard InChI is InChI=1S/C8H8ClF2NO/c1-5-2-3-12-4-6(5)7(13)8(9,10)11/h2-4,7,13H,1H3. The van der Waals surface area contributed by atoms with Gasteiger partial charge in [0.2, 0.25) is 0 Å². The van der Waals surface area contributed by atoms with Crippen LogP contribution in [0.5, 0.6) is 0 Å². The molecule has 0 saturated heterocycles. The van der Waals surface area contributed by atoms with E-state index in [0.29, 0.717) is 5.56 Å². The average molecular weight is 208 g/mol. The maximum absolute atomic E-state index is 12.5. The molecule has 1 rings (SSSR count). The zero-order chi connectivity index (χ0) is 10.1. The Morgan fingerprint density at radius 3 is 2.69 bits per heavy atom. The van der Waals surface area contributed by atoms with Gasteiger partial charge in [-0.15, -0.1) is 0 Å². The fourth-order valence-electron chi connectivity index (χ4n) is 0.939. The van der Waals surface area contributed by atoms with Crippen molar-refractivity contribution < 1.29 is 13.9 Å². The molecule has 0 aromatic carbocycles. The van der Waals surface area contributed by atoms with E-state index in [1.807, 2.05) is 0 Å². The largest absolute Gasteiger partial charge is 0.381 e. The molecule has 0 aliphatic rings. The van der Waals surface area contributed by atoms with Crippen LogP contribution in [0.1, 0.15) is 17.2 Å². The van der Waals surface area contributed by atoms with Crippen molar-refractivity contribution in [1.29, 1.82) is 0 Å². The van der Waals surface area contributed by atoms with Gasteiger partial charge in [-0.1, -0.05) is 0 Å². The first kappa shape index (κ1) is 10.3.